The average Bonchev–Trinajstić information content (AvgIpc) is 2.90. The van der Waals surface area contributed by atoms with Gasteiger partial charge in [0.05, 0.1) is 0 Å². The summed E-state index contributed by atoms with van der Waals surface area (Å²) >= 11 is 0. The van der Waals surface area contributed by atoms with Crippen molar-refractivity contribution in [3.05, 3.63) is 71.3 Å². The van der Waals surface area contributed by atoms with Gasteiger partial charge in [0.1, 0.15) is 0 Å². The Morgan fingerprint density at radius 2 is 1.71 bits per heavy atom. The highest BCUT2D eigenvalue weighted by atomic mass is 16.2. The molecule has 2 aromatic rings. The second-order valence-electron chi connectivity index (χ2n) is 5.76. The fourth-order valence-electron chi connectivity index (χ4n) is 2.93. The molecule has 1 fully saturated rings. The van der Waals surface area contributed by atoms with Crippen LogP contribution in [0.2, 0.25) is 0 Å². The van der Waals surface area contributed by atoms with Gasteiger partial charge < -0.3 is 10.6 Å². The highest BCUT2D eigenvalue weighted by molar-refractivity contribution is 5.94. The number of nitrogens with zero attached hydrogens (tertiary/aromatic N) is 1. The summed E-state index contributed by atoms with van der Waals surface area (Å²) in [6.45, 7) is 3.33. The lowest BCUT2D eigenvalue weighted by Gasteiger charge is -2.16. The third-order valence-corrected chi connectivity index (χ3v) is 4.18. The Hall–Kier alpha value is -2.13. The van der Waals surface area contributed by atoms with Crippen molar-refractivity contribution in [2.45, 2.75) is 18.9 Å². The minimum atomic E-state index is 0.00167. The molecular weight excluding hydrogens is 260 g/mol. The molecule has 3 heteroatoms. The third-order valence-electron chi connectivity index (χ3n) is 4.18. The number of amides is 1. The average molecular weight is 280 g/mol. The quantitative estimate of drug-likeness (QED) is 0.919. The summed E-state index contributed by atoms with van der Waals surface area (Å²) in [5, 5.41) is 0. The van der Waals surface area contributed by atoms with Crippen LogP contribution in [0.25, 0.3) is 0 Å². The number of benzene rings is 2. The lowest BCUT2D eigenvalue weighted by atomic mass is 9.95. The first-order valence-electron chi connectivity index (χ1n) is 7.31. The van der Waals surface area contributed by atoms with Crippen LogP contribution in [0.1, 0.15) is 27.4 Å². The van der Waals surface area contributed by atoms with Crippen LogP contribution >= 0.6 is 0 Å². The molecule has 0 aliphatic carbocycles. The predicted molar refractivity (Wildman–Crippen MR) is 84.2 cm³/mol. The van der Waals surface area contributed by atoms with Crippen LogP contribution in [0.4, 0.5) is 0 Å². The summed E-state index contributed by atoms with van der Waals surface area (Å²) in [5.41, 5.74) is 9.36. The number of aryl methyl sites for hydroxylation is 1. The lowest BCUT2D eigenvalue weighted by molar-refractivity contribution is 0.0789. The van der Waals surface area contributed by atoms with Crippen LogP contribution in [-0.4, -0.2) is 29.9 Å². The topological polar surface area (TPSA) is 46.3 Å². The van der Waals surface area contributed by atoms with E-state index in [1.54, 1.807) is 0 Å². The maximum atomic E-state index is 12.6. The van der Waals surface area contributed by atoms with Gasteiger partial charge in [-0.2, -0.15) is 0 Å². The third kappa shape index (κ3) is 2.83. The van der Waals surface area contributed by atoms with Crippen LogP contribution in [0.5, 0.6) is 0 Å². The number of likely N-dealkylation sites (tertiary alicyclic amines) is 1. The molecule has 3 rings (SSSR count). The second-order valence-corrected chi connectivity index (χ2v) is 5.76. The first-order chi connectivity index (χ1) is 10.1. The first-order valence-corrected chi connectivity index (χ1v) is 7.31. The van der Waals surface area contributed by atoms with Gasteiger partial charge in [-0.3, -0.25) is 4.79 Å². The normalized spacial score (nSPS) is 21.5. The predicted octanol–water partition coefficient (Wildman–Crippen LogP) is 2.56. The van der Waals surface area contributed by atoms with E-state index in [1.807, 2.05) is 54.3 Å². The Bertz CT molecular complexity index is 621. The fourth-order valence-corrected chi connectivity index (χ4v) is 2.93. The Balaban J connectivity index is 1.76. The monoisotopic (exact) mass is 280 g/mol. The first kappa shape index (κ1) is 13.8. The van der Waals surface area contributed by atoms with E-state index in [2.05, 4.69) is 12.1 Å². The molecule has 1 saturated heterocycles. The molecule has 21 heavy (non-hydrogen) atoms. The van der Waals surface area contributed by atoms with Crippen LogP contribution < -0.4 is 5.73 Å². The molecule has 2 atom stereocenters. The summed E-state index contributed by atoms with van der Waals surface area (Å²) in [6, 6.07) is 17.9. The number of nitrogens with two attached hydrogens (primary N) is 1. The molecule has 0 saturated carbocycles. The van der Waals surface area contributed by atoms with Crippen molar-refractivity contribution < 1.29 is 4.79 Å². The number of hydrogen-bond donors (Lipinski definition) is 1. The van der Waals surface area contributed by atoms with Crippen molar-refractivity contribution in [1.29, 1.82) is 0 Å². The van der Waals surface area contributed by atoms with Gasteiger partial charge in [-0.1, -0.05) is 48.0 Å². The minimum Gasteiger partial charge on any atom is -0.336 e. The summed E-state index contributed by atoms with van der Waals surface area (Å²) in [4.78, 5) is 14.4. The number of carbonyl (C=O) groups is 1. The fraction of sp³-hybridized carbons (Fsp3) is 0.278. The van der Waals surface area contributed by atoms with Gasteiger partial charge in [-0.15, -0.1) is 0 Å². The highest BCUT2D eigenvalue weighted by Crippen LogP contribution is 2.27. The Labute approximate surface area is 125 Å². The smallest absolute Gasteiger partial charge is 0.253 e. The molecule has 0 aromatic heterocycles. The molecule has 2 N–H and O–H groups in total. The van der Waals surface area contributed by atoms with Crippen molar-refractivity contribution in [3.63, 3.8) is 0 Å². The zero-order valence-electron chi connectivity index (χ0n) is 12.2. The van der Waals surface area contributed by atoms with Crippen LogP contribution in [0, 0.1) is 6.92 Å². The molecule has 1 aliphatic heterocycles. The maximum Gasteiger partial charge on any atom is 0.253 e. The number of rotatable bonds is 2. The van der Waals surface area contributed by atoms with E-state index in [0.717, 1.165) is 11.1 Å². The minimum absolute atomic E-state index is 0.00167. The van der Waals surface area contributed by atoms with E-state index in [4.69, 9.17) is 5.73 Å². The van der Waals surface area contributed by atoms with E-state index >= 15 is 0 Å². The molecule has 1 aliphatic rings. The summed E-state index contributed by atoms with van der Waals surface area (Å²) < 4.78 is 0. The maximum absolute atomic E-state index is 12.6. The Morgan fingerprint density at radius 3 is 2.38 bits per heavy atom. The van der Waals surface area contributed by atoms with Crippen molar-refractivity contribution in [1.82, 2.24) is 4.90 Å². The Kier molecular flexibility index (Phi) is 3.76. The highest BCUT2D eigenvalue weighted by Gasteiger charge is 2.34. The van der Waals surface area contributed by atoms with Crippen LogP contribution in [0.15, 0.2) is 54.6 Å². The van der Waals surface area contributed by atoms with E-state index in [1.165, 1.54) is 5.56 Å². The molecule has 3 nitrogen and oxygen atoms in total. The summed E-state index contributed by atoms with van der Waals surface area (Å²) in [6.07, 6.45) is 0. The molecule has 0 unspecified atom stereocenters. The molecule has 0 spiro atoms. The zero-order valence-corrected chi connectivity index (χ0v) is 12.2. The van der Waals surface area contributed by atoms with Crippen LogP contribution in [-0.2, 0) is 0 Å². The summed E-state index contributed by atoms with van der Waals surface area (Å²) in [5.74, 6) is 0.296. The molecule has 1 amide bonds. The van der Waals surface area contributed by atoms with E-state index in [0.29, 0.717) is 13.1 Å². The largest absolute Gasteiger partial charge is 0.336 e. The van der Waals surface area contributed by atoms with Gasteiger partial charge in [0, 0.05) is 30.6 Å². The molecular formula is C18H20N2O. The molecule has 0 radical (unpaired) electrons. The Morgan fingerprint density at radius 1 is 1.05 bits per heavy atom. The van der Waals surface area contributed by atoms with Gasteiger partial charge in [-0.25, -0.2) is 0 Å². The molecule has 0 bridgehead atoms. The van der Waals surface area contributed by atoms with E-state index in [-0.39, 0.29) is 17.9 Å². The molecule has 108 valence electrons. The van der Waals surface area contributed by atoms with E-state index in [9.17, 15) is 4.79 Å². The van der Waals surface area contributed by atoms with Crippen molar-refractivity contribution >= 4 is 5.91 Å². The zero-order chi connectivity index (χ0) is 14.8. The number of carbonyl (C=O) groups excluding carboxylic acids is 1. The summed E-state index contributed by atoms with van der Waals surface area (Å²) in [7, 11) is 0. The van der Waals surface area contributed by atoms with Gasteiger partial charge in [-0.05, 0) is 24.6 Å². The van der Waals surface area contributed by atoms with Gasteiger partial charge >= 0.3 is 0 Å². The molecule has 1 heterocycles. The van der Waals surface area contributed by atoms with Crippen LogP contribution in [0.3, 0.4) is 0 Å². The molecule has 2 aromatic carbocycles. The lowest BCUT2D eigenvalue weighted by Crippen LogP contribution is -2.32. The standard InChI is InChI=1S/C18H20N2O/c1-13-7-9-15(10-8-13)18(21)20-11-16(17(19)12-20)14-5-3-2-4-6-14/h2-10,16-17H,11-12,19H2,1H3/t16-,17+/m0/s1. The van der Waals surface area contributed by atoms with Crippen molar-refractivity contribution in [2.24, 2.45) is 5.73 Å². The SMILES string of the molecule is Cc1ccc(C(=O)N2C[C@@H](N)[C@H](c3ccccc3)C2)cc1. The van der Waals surface area contributed by atoms with Crippen molar-refractivity contribution in [3.8, 4) is 0 Å². The number of hydrogen-bond acceptors (Lipinski definition) is 2. The van der Waals surface area contributed by atoms with Gasteiger partial charge in [0.15, 0.2) is 0 Å². The van der Waals surface area contributed by atoms with Gasteiger partial charge in [0.25, 0.3) is 5.91 Å². The second kappa shape index (κ2) is 5.70. The van der Waals surface area contributed by atoms with Crippen molar-refractivity contribution in [2.75, 3.05) is 13.1 Å². The van der Waals surface area contributed by atoms with E-state index < -0.39 is 0 Å². The van der Waals surface area contributed by atoms with Gasteiger partial charge in [0.2, 0.25) is 0 Å².